The lowest BCUT2D eigenvalue weighted by Crippen LogP contribution is -2.52. The van der Waals surface area contributed by atoms with Crippen LogP contribution in [0.5, 0.6) is 0 Å². The Morgan fingerprint density at radius 2 is 1.85 bits per heavy atom. The summed E-state index contributed by atoms with van der Waals surface area (Å²) in [5, 5.41) is 40.0. The molecule has 1 saturated heterocycles. The molecule has 0 bridgehead atoms. The highest BCUT2D eigenvalue weighted by atomic mass is 16.5. The SMILES string of the molecule is Cc1ccc(C(=O)N2CCCCCCO[C@H]([C@H](O)CO)[C@H](O)[C@@H](O)C2)cc1. The first kappa shape index (κ1) is 21.8. The van der Waals surface area contributed by atoms with Crippen LogP contribution in [0.3, 0.4) is 0 Å². The van der Waals surface area contributed by atoms with Crippen LogP contribution in [0.15, 0.2) is 24.3 Å². The Morgan fingerprint density at radius 1 is 1.19 bits per heavy atom. The molecule has 1 aliphatic heterocycles. The van der Waals surface area contributed by atoms with Crippen LogP contribution in [0, 0.1) is 6.92 Å². The second-order valence-corrected chi connectivity index (χ2v) is 7.17. The van der Waals surface area contributed by atoms with Crippen molar-refractivity contribution in [2.75, 3.05) is 26.3 Å². The van der Waals surface area contributed by atoms with Crippen LogP contribution in [0.1, 0.15) is 41.6 Å². The normalized spacial score (nSPS) is 26.7. The second-order valence-electron chi connectivity index (χ2n) is 7.17. The van der Waals surface area contributed by atoms with Crippen LogP contribution < -0.4 is 0 Å². The van der Waals surface area contributed by atoms with Crippen molar-refractivity contribution in [3.63, 3.8) is 0 Å². The van der Waals surface area contributed by atoms with Crippen molar-refractivity contribution >= 4 is 5.91 Å². The Balaban J connectivity index is 2.16. The number of nitrogens with zero attached hydrogens (tertiary/aromatic N) is 1. The lowest BCUT2D eigenvalue weighted by molar-refractivity contribution is -0.145. The highest BCUT2D eigenvalue weighted by molar-refractivity contribution is 5.94. The fraction of sp³-hybridized carbons (Fsp3) is 0.650. The van der Waals surface area contributed by atoms with Crippen molar-refractivity contribution in [3.05, 3.63) is 35.4 Å². The Labute approximate surface area is 160 Å². The zero-order chi connectivity index (χ0) is 19.8. The van der Waals surface area contributed by atoms with Crippen molar-refractivity contribution in [2.45, 2.75) is 57.0 Å². The molecule has 0 unspecified atom stereocenters. The molecular formula is C20H31NO6. The zero-order valence-corrected chi connectivity index (χ0v) is 15.8. The van der Waals surface area contributed by atoms with Gasteiger partial charge in [0.05, 0.1) is 6.61 Å². The fourth-order valence-corrected chi connectivity index (χ4v) is 3.23. The number of hydrogen-bond acceptors (Lipinski definition) is 6. The van der Waals surface area contributed by atoms with Crippen molar-refractivity contribution in [1.29, 1.82) is 0 Å². The number of benzene rings is 1. The molecule has 0 radical (unpaired) electrons. The lowest BCUT2D eigenvalue weighted by atomic mass is 10.0. The molecule has 7 heteroatoms. The Hall–Kier alpha value is -1.51. The highest BCUT2D eigenvalue weighted by Gasteiger charge is 2.34. The molecular weight excluding hydrogens is 350 g/mol. The number of rotatable bonds is 3. The van der Waals surface area contributed by atoms with Crippen LogP contribution in [-0.2, 0) is 4.74 Å². The van der Waals surface area contributed by atoms with E-state index < -0.39 is 31.0 Å². The van der Waals surface area contributed by atoms with E-state index in [2.05, 4.69) is 0 Å². The van der Waals surface area contributed by atoms with Crippen LogP contribution >= 0.6 is 0 Å². The maximum Gasteiger partial charge on any atom is 0.253 e. The van der Waals surface area contributed by atoms with Crippen molar-refractivity contribution in [3.8, 4) is 0 Å². The van der Waals surface area contributed by atoms with E-state index in [-0.39, 0.29) is 12.5 Å². The number of aliphatic hydroxyl groups is 4. The summed E-state index contributed by atoms with van der Waals surface area (Å²) >= 11 is 0. The number of aliphatic hydroxyl groups excluding tert-OH is 4. The third-order valence-corrected chi connectivity index (χ3v) is 4.92. The third-order valence-electron chi connectivity index (χ3n) is 4.92. The molecule has 27 heavy (non-hydrogen) atoms. The first-order chi connectivity index (χ1) is 12.9. The first-order valence-electron chi connectivity index (χ1n) is 9.56. The molecule has 1 aromatic rings. The number of carbonyl (C=O) groups is 1. The number of β-amino-alcohol motifs (C(OH)–C–C–N with tert-alkyl or cyclic N) is 1. The summed E-state index contributed by atoms with van der Waals surface area (Å²) < 4.78 is 5.52. The van der Waals surface area contributed by atoms with E-state index in [0.29, 0.717) is 18.7 Å². The second kappa shape index (κ2) is 10.7. The van der Waals surface area contributed by atoms with Crippen molar-refractivity contribution in [2.24, 2.45) is 0 Å². The standard InChI is InChI=1S/C20H31NO6/c1-14-6-8-15(9-7-14)20(26)21-10-4-2-3-5-11-27-19(17(24)13-22)18(25)16(23)12-21/h6-9,16-19,22-25H,2-5,10-13H2,1H3/t16-,17+,18+,19+/m0/s1. The minimum atomic E-state index is -1.42. The highest BCUT2D eigenvalue weighted by Crippen LogP contribution is 2.16. The summed E-state index contributed by atoms with van der Waals surface area (Å²) in [4.78, 5) is 14.4. The molecule has 0 aliphatic carbocycles. The largest absolute Gasteiger partial charge is 0.394 e. The third kappa shape index (κ3) is 6.26. The molecule has 0 saturated carbocycles. The quantitative estimate of drug-likeness (QED) is 0.606. The van der Waals surface area contributed by atoms with Crippen molar-refractivity contribution < 1.29 is 30.0 Å². The Bertz CT molecular complexity index is 578. The number of hydrogen-bond donors (Lipinski definition) is 4. The summed E-state index contributed by atoms with van der Waals surface area (Å²) in [5.41, 5.74) is 1.58. The molecule has 1 amide bonds. The number of carbonyl (C=O) groups excluding carboxylic acids is 1. The van der Waals surface area contributed by atoms with E-state index in [0.717, 1.165) is 31.2 Å². The van der Waals surface area contributed by atoms with Crippen LogP contribution in [-0.4, -0.2) is 82.0 Å². The predicted octanol–water partition coefficient (Wildman–Crippen LogP) is 0.471. The van der Waals surface area contributed by atoms with Gasteiger partial charge in [-0.1, -0.05) is 30.5 Å². The minimum Gasteiger partial charge on any atom is -0.394 e. The van der Waals surface area contributed by atoms with Gasteiger partial charge in [-0.3, -0.25) is 4.79 Å². The van der Waals surface area contributed by atoms with Gasteiger partial charge in [0.2, 0.25) is 0 Å². The van der Waals surface area contributed by atoms with Gasteiger partial charge in [0.1, 0.15) is 24.4 Å². The van der Waals surface area contributed by atoms with Gasteiger partial charge in [-0.2, -0.15) is 0 Å². The van der Waals surface area contributed by atoms with Gasteiger partial charge >= 0.3 is 0 Å². The smallest absolute Gasteiger partial charge is 0.253 e. The van der Waals surface area contributed by atoms with Gasteiger partial charge in [-0.25, -0.2) is 0 Å². The molecule has 152 valence electrons. The Kier molecular flexibility index (Phi) is 8.66. The number of ether oxygens (including phenoxy) is 1. The monoisotopic (exact) mass is 381 g/mol. The van der Waals surface area contributed by atoms with Crippen LogP contribution in [0.2, 0.25) is 0 Å². The molecule has 2 rings (SSSR count). The summed E-state index contributed by atoms with van der Waals surface area (Å²) in [6.07, 6.45) is -1.79. The van der Waals surface area contributed by atoms with E-state index in [1.807, 2.05) is 19.1 Å². The van der Waals surface area contributed by atoms with E-state index >= 15 is 0 Å². The van der Waals surface area contributed by atoms with Gasteiger partial charge in [0.15, 0.2) is 0 Å². The molecule has 7 nitrogen and oxygen atoms in total. The maximum absolute atomic E-state index is 12.9. The van der Waals surface area contributed by atoms with E-state index in [4.69, 9.17) is 4.74 Å². The summed E-state index contributed by atoms with van der Waals surface area (Å²) in [6.45, 7) is 2.09. The molecule has 4 N–H and O–H groups in total. The molecule has 0 spiro atoms. The van der Waals surface area contributed by atoms with E-state index in [9.17, 15) is 25.2 Å². The van der Waals surface area contributed by atoms with Gasteiger partial charge < -0.3 is 30.1 Å². The molecule has 1 heterocycles. The van der Waals surface area contributed by atoms with Gasteiger partial charge in [-0.05, 0) is 31.9 Å². The topological polar surface area (TPSA) is 110 Å². The number of aryl methyl sites for hydroxylation is 1. The average molecular weight is 381 g/mol. The zero-order valence-electron chi connectivity index (χ0n) is 15.8. The van der Waals surface area contributed by atoms with Crippen molar-refractivity contribution in [1.82, 2.24) is 4.90 Å². The summed E-state index contributed by atoms with van der Waals surface area (Å²) in [7, 11) is 0. The summed E-state index contributed by atoms with van der Waals surface area (Å²) in [6, 6.07) is 7.21. The Morgan fingerprint density at radius 3 is 2.52 bits per heavy atom. The average Bonchev–Trinajstić information content (AvgIpc) is 2.67. The van der Waals surface area contributed by atoms with Crippen LogP contribution in [0.4, 0.5) is 0 Å². The molecule has 1 aliphatic rings. The predicted molar refractivity (Wildman–Crippen MR) is 100 cm³/mol. The molecule has 1 aromatic carbocycles. The van der Waals surface area contributed by atoms with Gasteiger partial charge in [0, 0.05) is 25.3 Å². The minimum absolute atomic E-state index is 0.0775. The van der Waals surface area contributed by atoms with Gasteiger partial charge in [-0.15, -0.1) is 0 Å². The maximum atomic E-state index is 12.9. The molecule has 4 atom stereocenters. The van der Waals surface area contributed by atoms with E-state index in [1.54, 1.807) is 12.1 Å². The fourth-order valence-electron chi connectivity index (χ4n) is 3.23. The molecule has 0 aromatic heterocycles. The number of amides is 1. The van der Waals surface area contributed by atoms with Crippen LogP contribution in [0.25, 0.3) is 0 Å². The first-order valence-corrected chi connectivity index (χ1v) is 9.56. The molecule has 1 fully saturated rings. The van der Waals surface area contributed by atoms with Gasteiger partial charge in [0.25, 0.3) is 5.91 Å². The van der Waals surface area contributed by atoms with E-state index in [1.165, 1.54) is 4.90 Å². The summed E-state index contributed by atoms with van der Waals surface area (Å²) in [5.74, 6) is -0.210. The lowest BCUT2D eigenvalue weighted by Gasteiger charge is -2.33.